The van der Waals surface area contributed by atoms with Crippen LogP contribution in [0, 0.1) is 6.92 Å². The summed E-state index contributed by atoms with van der Waals surface area (Å²) in [5.74, 6) is 0. The van der Waals surface area contributed by atoms with Crippen molar-refractivity contribution in [3.05, 3.63) is 42.0 Å². The van der Waals surface area contributed by atoms with Crippen molar-refractivity contribution in [2.45, 2.75) is 6.92 Å². The molecule has 5 N–H and O–H groups in total. The largest absolute Gasteiger partial charge is 0.397 e. The Bertz CT molecular complexity index is 591. The second kappa shape index (κ2) is 5.10. The van der Waals surface area contributed by atoms with Gasteiger partial charge in [0, 0.05) is 31.2 Å². The molecular formula is C15H20N4. The lowest BCUT2D eigenvalue weighted by molar-refractivity contribution is 1.11. The fraction of sp³-hybridized carbons (Fsp3) is 0.200. The van der Waals surface area contributed by atoms with Crippen molar-refractivity contribution in [3.63, 3.8) is 0 Å². The van der Waals surface area contributed by atoms with Gasteiger partial charge in [0.1, 0.15) is 0 Å². The monoisotopic (exact) mass is 256 g/mol. The minimum absolute atomic E-state index is 0.588. The first-order chi connectivity index (χ1) is 8.97. The zero-order valence-electron chi connectivity index (χ0n) is 11.6. The van der Waals surface area contributed by atoms with E-state index in [2.05, 4.69) is 35.3 Å². The Morgan fingerprint density at radius 1 is 0.895 bits per heavy atom. The Balaban J connectivity index is 2.28. The van der Waals surface area contributed by atoms with Crippen molar-refractivity contribution in [2.24, 2.45) is 0 Å². The molecule has 0 aliphatic heterocycles. The van der Waals surface area contributed by atoms with Gasteiger partial charge in [0.05, 0.1) is 11.4 Å². The number of hydrogen-bond acceptors (Lipinski definition) is 4. The van der Waals surface area contributed by atoms with E-state index >= 15 is 0 Å². The van der Waals surface area contributed by atoms with E-state index in [1.165, 1.54) is 11.3 Å². The molecule has 2 rings (SSSR count). The Morgan fingerprint density at radius 2 is 1.53 bits per heavy atom. The number of nitrogens with one attached hydrogen (secondary N) is 1. The SMILES string of the molecule is Cc1ccc(Nc2ccc(N)c(N)c2)cc1N(C)C. The van der Waals surface area contributed by atoms with Gasteiger partial charge in [-0.15, -0.1) is 0 Å². The summed E-state index contributed by atoms with van der Waals surface area (Å²) in [5.41, 5.74) is 17.1. The standard InChI is InChI=1S/C15H20N4/c1-10-4-5-12(9-15(10)19(2)3)18-11-6-7-13(16)14(17)8-11/h4-9,18H,16-17H2,1-3H3. The fourth-order valence-corrected chi connectivity index (χ4v) is 1.99. The van der Waals surface area contributed by atoms with Crippen molar-refractivity contribution < 1.29 is 0 Å². The predicted octanol–water partition coefficient (Wildman–Crippen LogP) is 2.97. The lowest BCUT2D eigenvalue weighted by atomic mass is 10.1. The molecule has 0 amide bonds. The fourth-order valence-electron chi connectivity index (χ4n) is 1.99. The van der Waals surface area contributed by atoms with Crippen molar-refractivity contribution in [3.8, 4) is 0 Å². The molecule has 4 heteroatoms. The van der Waals surface area contributed by atoms with E-state index in [1.807, 2.05) is 26.2 Å². The van der Waals surface area contributed by atoms with Gasteiger partial charge < -0.3 is 21.7 Å². The highest BCUT2D eigenvalue weighted by molar-refractivity contribution is 5.73. The van der Waals surface area contributed by atoms with Crippen molar-refractivity contribution in [1.29, 1.82) is 0 Å². The zero-order valence-corrected chi connectivity index (χ0v) is 11.6. The third kappa shape index (κ3) is 2.91. The van der Waals surface area contributed by atoms with Crippen LogP contribution in [0.1, 0.15) is 5.56 Å². The number of hydrogen-bond donors (Lipinski definition) is 3. The Morgan fingerprint density at radius 3 is 2.16 bits per heavy atom. The van der Waals surface area contributed by atoms with Gasteiger partial charge in [-0.25, -0.2) is 0 Å². The van der Waals surface area contributed by atoms with Gasteiger partial charge in [-0.2, -0.15) is 0 Å². The Labute approximate surface area is 114 Å². The predicted molar refractivity (Wildman–Crippen MR) is 84.1 cm³/mol. The van der Waals surface area contributed by atoms with Gasteiger partial charge in [-0.1, -0.05) is 6.07 Å². The summed E-state index contributed by atoms with van der Waals surface area (Å²) in [6, 6.07) is 11.8. The molecule has 0 bridgehead atoms. The summed E-state index contributed by atoms with van der Waals surface area (Å²) in [6.07, 6.45) is 0. The molecule has 0 aliphatic carbocycles. The summed E-state index contributed by atoms with van der Waals surface area (Å²) in [5, 5.41) is 3.33. The first-order valence-electron chi connectivity index (χ1n) is 6.17. The van der Waals surface area contributed by atoms with E-state index in [1.54, 1.807) is 6.07 Å². The maximum absolute atomic E-state index is 5.80. The molecule has 4 nitrogen and oxygen atoms in total. The van der Waals surface area contributed by atoms with Crippen LogP contribution in [0.3, 0.4) is 0 Å². The summed E-state index contributed by atoms with van der Waals surface area (Å²) < 4.78 is 0. The zero-order chi connectivity index (χ0) is 14.0. The highest BCUT2D eigenvalue weighted by atomic mass is 15.1. The van der Waals surface area contributed by atoms with Crippen LogP contribution in [-0.4, -0.2) is 14.1 Å². The molecule has 2 aromatic carbocycles. The smallest absolute Gasteiger partial charge is 0.0568 e. The number of aryl methyl sites for hydroxylation is 1. The maximum Gasteiger partial charge on any atom is 0.0568 e. The van der Waals surface area contributed by atoms with Crippen LogP contribution in [-0.2, 0) is 0 Å². The molecule has 0 heterocycles. The third-order valence-corrected chi connectivity index (χ3v) is 3.07. The van der Waals surface area contributed by atoms with Gasteiger partial charge in [0.2, 0.25) is 0 Å². The normalized spacial score (nSPS) is 10.3. The molecule has 0 aromatic heterocycles. The van der Waals surface area contributed by atoms with E-state index in [4.69, 9.17) is 11.5 Å². The number of rotatable bonds is 3. The van der Waals surface area contributed by atoms with Gasteiger partial charge in [-0.05, 0) is 42.8 Å². The molecule has 0 saturated carbocycles. The average Bonchev–Trinajstić information content (AvgIpc) is 2.36. The summed E-state index contributed by atoms with van der Waals surface area (Å²) in [6.45, 7) is 2.10. The van der Waals surface area contributed by atoms with Crippen molar-refractivity contribution in [1.82, 2.24) is 0 Å². The van der Waals surface area contributed by atoms with Crippen LogP contribution >= 0.6 is 0 Å². The molecule has 0 saturated heterocycles. The molecule has 0 fully saturated rings. The highest BCUT2D eigenvalue weighted by Crippen LogP contribution is 2.27. The van der Waals surface area contributed by atoms with Crippen LogP contribution < -0.4 is 21.7 Å². The van der Waals surface area contributed by atoms with Gasteiger partial charge in [0.25, 0.3) is 0 Å². The van der Waals surface area contributed by atoms with Crippen LogP contribution in [0.5, 0.6) is 0 Å². The lowest BCUT2D eigenvalue weighted by Gasteiger charge is -2.17. The first kappa shape index (κ1) is 13.1. The highest BCUT2D eigenvalue weighted by Gasteiger charge is 2.03. The van der Waals surface area contributed by atoms with Crippen LogP contribution in [0.4, 0.5) is 28.4 Å². The van der Waals surface area contributed by atoms with Gasteiger partial charge in [-0.3, -0.25) is 0 Å². The van der Waals surface area contributed by atoms with Gasteiger partial charge in [0.15, 0.2) is 0 Å². The molecule has 0 unspecified atom stereocenters. The molecule has 0 radical (unpaired) electrons. The second-order valence-electron chi connectivity index (χ2n) is 4.86. The van der Waals surface area contributed by atoms with Crippen LogP contribution in [0.15, 0.2) is 36.4 Å². The topological polar surface area (TPSA) is 67.3 Å². The number of benzene rings is 2. The van der Waals surface area contributed by atoms with Crippen molar-refractivity contribution in [2.75, 3.05) is 35.8 Å². The number of anilines is 5. The third-order valence-electron chi connectivity index (χ3n) is 3.07. The number of nitrogens with zero attached hydrogens (tertiary/aromatic N) is 1. The summed E-state index contributed by atoms with van der Waals surface area (Å²) in [4.78, 5) is 2.10. The van der Waals surface area contributed by atoms with Crippen LogP contribution in [0.2, 0.25) is 0 Å². The number of nitrogens with two attached hydrogens (primary N) is 2. The van der Waals surface area contributed by atoms with E-state index in [0.29, 0.717) is 11.4 Å². The summed E-state index contributed by atoms with van der Waals surface area (Å²) >= 11 is 0. The Kier molecular flexibility index (Phi) is 3.51. The number of nitrogen functional groups attached to an aromatic ring is 2. The molecular weight excluding hydrogens is 236 g/mol. The first-order valence-corrected chi connectivity index (χ1v) is 6.17. The summed E-state index contributed by atoms with van der Waals surface area (Å²) in [7, 11) is 4.07. The quantitative estimate of drug-likeness (QED) is 0.739. The molecule has 100 valence electrons. The van der Waals surface area contributed by atoms with E-state index in [9.17, 15) is 0 Å². The molecule has 0 atom stereocenters. The van der Waals surface area contributed by atoms with Gasteiger partial charge >= 0.3 is 0 Å². The Hall–Kier alpha value is -2.36. The molecule has 19 heavy (non-hydrogen) atoms. The van der Waals surface area contributed by atoms with E-state index in [0.717, 1.165) is 11.4 Å². The second-order valence-corrected chi connectivity index (χ2v) is 4.86. The molecule has 2 aromatic rings. The minimum atomic E-state index is 0.588. The molecule has 0 aliphatic rings. The minimum Gasteiger partial charge on any atom is -0.397 e. The van der Waals surface area contributed by atoms with E-state index < -0.39 is 0 Å². The molecule has 0 spiro atoms. The average molecular weight is 256 g/mol. The lowest BCUT2D eigenvalue weighted by Crippen LogP contribution is -2.10. The van der Waals surface area contributed by atoms with E-state index in [-0.39, 0.29) is 0 Å². The van der Waals surface area contributed by atoms with Crippen LogP contribution in [0.25, 0.3) is 0 Å². The van der Waals surface area contributed by atoms with Crippen molar-refractivity contribution >= 4 is 28.4 Å². The maximum atomic E-state index is 5.80.